The monoisotopic (exact) mass is 324 g/mol. The largest absolute Gasteiger partial charge is 0.370 e. The molecule has 7 heteroatoms. The van der Waals surface area contributed by atoms with E-state index in [4.69, 9.17) is 5.73 Å². The average Bonchev–Trinajstić information content (AvgIpc) is 2.52. The van der Waals surface area contributed by atoms with E-state index in [1.165, 1.54) is 24.0 Å². The van der Waals surface area contributed by atoms with Crippen LogP contribution in [0, 0.1) is 0 Å². The summed E-state index contributed by atoms with van der Waals surface area (Å²) in [5, 5.41) is 3.13. The molecule has 0 atom stereocenters. The molecule has 0 saturated heterocycles. The van der Waals surface area contributed by atoms with Crippen molar-refractivity contribution in [1.82, 2.24) is 4.72 Å². The van der Waals surface area contributed by atoms with Crippen LogP contribution in [0.15, 0.2) is 23.2 Å². The van der Waals surface area contributed by atoms with Gasteiger partial charge in [0.2, 0.25) is 10.0 Å². The van der Waals surface area contributed by atoms with Crippen LogP contribution >= 0.6 is 0 Å². The van der Waals surface area contributed by atoms with Gasteiger partial charge in [0, 0.05) is 12.2 Å². The molecular weight excluding hydrogens is 300 g/mol. The van der Waals surface area contributed by atoms with Crippen molar-refractivity contribution in [3.63, 3.8) is 0 Å². The van der Waals surface area contributed by atoms with Crippen molar-refractivity contribution < 1.29 is 8.42 Å². The maximum Gasteiger partial charge on any atom is 0.211 e. The fourth-order valence-corrected chi connectivity index (χ4v) is 3.16. The maximum atomic E-state index is 11.3. The Morgan fingerprint density at radius 3 is 2.86 bits per heavy atom. The molecule has 22 heavy (non-hydrogen) atoms. The Kier molecular flexibility index (Phi) is 5.79. The molecule has 122 valence electrons. The van der Waals surface area contributed by atoms with Gasteiger partial charge in [-0.15, -0.1) is 0 Å². The number of nitrogens with one attached hydrogen (secondary N) is 2. The minimum absolute atomic E-state index is 0.0700. The van der Waals surface area contributed by atoms with Gasteiger partial charge >= 0.3 is 0 Å². The molecule has 0 aliphatic heterocycles. The average molecular weight is 324 g/mol. The van der Waals surface area contributed by atoms with Crippen LogP contribution in [0.5, 0.6) is 0 Å². The predicted molar refractivity (Wildman–Crippen MR) is 90.7 cm³/mol. The highest BCUT2D eigenvalue weighted by Gasteiger charge is 2.13. The van der Waals surface area contributed by atoms with E-state index in [-0.39, 0.29) is 12.3 Å². The Bertz CT molecular complexity index is 641. The van der Waals surface area contributed by atoms with E-state index in [0.717, 1.165) is 18.5 Å². The van der Waals surface area contributed by atoms with Crippen molar-refractivity contribution in [3.05, 3.63) is 29.3 Å². The molecule has 1 aromatic rings. The molecule has 1 aliphatic carbocycles. The number of aryl methyl sites for hydroxylation is 1. The third-order valence-electron chi connectivity index (χ3n) is 3.75. The summed E-state index contributed by atoms with van der Waals surface area (Å²) < 4.78 is 25.0. The molecule has 4 N–H and O–H groups in total. The Morgan fingerprint density at radius 2 is 2.09 bits per heavy atom. The van der Waals surface area contributed by atoms with Crippen molar-refractivity contribution in [2.75, 3.05) is 24.2 Å². The maximum absolute atomic E-state index is 11.3. The lowest BCUT2D eigenvalue weighted by atomic mass is 9.90. The van der Waals surface area contributed by atoms with Crippen molar-refractivity contribution in [3.8, 4) is 0 Å². The zero-order valence-electron chi connectivity index (χ0n) is 12.9. The van der Waals surface area contributed by atoms with Gasteiger partial charge < -0.3 is 11.1 Å². The Morgan fingerprint density at radius 1 is 1.32 bits per heavy atom. The normalized spacial score (nSPS) is 15.4. The van der Waals surface area contributed by atoms with Crippen LogP contribution in [0.2, 0.25) is 0 Å². The number of nitrogens with zero attached hydrogens (tertiary/aromatic N) is 1. The molecule has 0 aromatic heterocycles. The Hall–Kier alpha value is -1.60. The first-order valence-corrected chi connectivity index (χ1v) is 9.32. The summed E-state index contributed by atoms with van der Waals surface area (Å²) in [6.07, 6.45) is 4.60. The SMILES string of the molecule is CCS(=O)(=O)NCCN=C(N)Nc1cccc2c1CCCC2. The molecule has 0 radical (unpaired) electrons. The predicted octanol–water partition coefficient (Wildman–Crippen LogP) is 1.23. The summed E-state index contributed by atoms with van der Waals surface area (Å²) in [7, 11) is -3.17. The minimum atomic E-state index is -3.17. The van der Waals surface area contributed by atoms with E-state index in [9.17, 15) is 8.42 Å². The van der Waals surface area contributed by atoms with Gasteiger partial charge in [-0.2, -0.15) is 0 Å². The van der Waals surface area contributed by atoms with Crippen LogP contribution in [0.25, 0.3) is 0 Å². The van der Waals surface area contributed by atoms with Crippen LogP contribution in [0.1, 0.15) is 30.9 Å². The standard InChI is InChI=1S/C15H24N4O2S/c1-2-22(20,21)18-11-10-17-15(16)19-14-9-5-7-12-6-3-4-8-13(12)14/h5,7,9,18H,2-4,6,8,10-11H2,1H3,(H3,16,17,19). The van der Waals surface area contributed by atoms with Gasteiger partial charge in [0.15, 0.2) is 5.96 Å². The van der Waals surface area contributed by atoms with E-state index < -0.39 is 10.0 Å². The molecule has 0 saturated carbocycles. The van der Waals surface area contributed by atoms with E-state index in [1.54, 1.807) is 6.92 Å². The van der Waals surface area contributed by atoms with Gasteiger partial charge in [0.1, 0.15) is 0 Å². The molecule has 0 amide bonds. The van der Waals surface area contributed by atoms with Gasteiger partial charge in [0.05, 0.1) is 12.3 Å². The van der Waals surface area contributed by atoms with E-state index in [0.29, 0.717) is 12.5 Å². The molecule has 6 nitrogen and oxygen atoms in total. The second-order valence-corrected chi connectivity index (χ2v) is 7.44. The molecule has 0 unspecified atom stereocenters. The number of anilines is 1. The molecule has 0 fully saturated rings. The molecule has 1 aromatic carbocycles. The Balaban J connectivity index is 1.92. The van der Waals surface area contributed by atoms with Gasteiger partial charge in [-0.25, -0.2) is 13.1 Å². The molecule has 0 bridgehead atoms. The van der Waals surface area contributed by atoms with Gasteiger partial charge in [-0.1, -0.05) is 12.1 Å². The fraction of sp³-hybridized carbons (Fsp3) is 0.533. The molecule has 2 rings (SSSR count). The lowest BCUT2D eigenvalue weighted by Crippen LogP contribution is -2.29. The molecule has 0 spiro atoms. The van der Waals surface area contributed by atoms with Crippen molar-refractivity contribution in [1.29, 1.82) is 0 Å². The van der Waals surface area contributed by atoms with Crippen LogP contribution in [0.4, 0.5) is 5.69 Å². The number of aliphatic imine (C=N–C) groups is 1. The van der Waals surface area contributed by atoms with Crippen molar-refractivity contribution >= 4 is 21.7 Å². The van der Waals surface area contributed by atoms with Crippen LogP contribution < -0.4 is 15.8 Å². The quantitative estimate of drug-likeness (QED) is 0.416. The third kappa shape index (κ3) is 4.71. The number of fused-ring (bicyclic) bond motifs is 1. The number of benzene rings is 1. The molecule has 1 aliphatic rings. The van der Waals surface area contributed by atoms with Crippen LogP contribution in [-0.2, 0) is 22.9 Å². The van der Waals surface area contributed by atoms with Crippen LogP contribution in [0.3, 0.4) is 0 Å². The lowest BCUT2D eigenvalue weighted by molar-refractivity contribution is 0.583. The first kappa shape index (κ1) is 16.8. The Labute approximate surface area is 132 Å². The number of hydrogen-bond acceptors (Lipinski definition) is 3. The highest BCUT2D eigenvalue weighted by atomic mass is 32.2. The number of rotatable bonds is 6. The van der Waals surface area contributed by atoms with Gasteiger partial charge in [-0.05, 0) is 49.8 Å². The first-order chi connectivity index (χ1) is 10.5. The summed E-state index contributed by atoms with van der Waals surface area (Å²) >= 11 is 0. The van der Waals surface area contributed by atoms with Crippen LogP contribution in [-0.4, -0.2) is 33.2 Å². The molecular formula is C15H24N4O2S. The highest BCUT2D eigenvalue weighted by molar-refractivity contribution is 7.89. The summed E-state index contributed by atoms with van der Waals surface area (Å²) in [6, 6.07) is 6.19. The van der Waals surface area contributed by atoms with E-state index in [1.807, 2.05) is 12.1 Å². The van der Waals surface area contributed by atoms with E-state index in [2.05, 4.69) is 21.1 Å². The zero-order valence-corrected chi connectivity index (χ0v) is 13.7. The van der Waals surface area contributed by atoms with E-state index >= 15 is 0 Å². The van der Waals surface area contributed by atoms with Gasteiger partial charge in [-0.3, -0.25) is 4.99 Å². The summed E-state index contributed by atoms with van der Waals surface area (Å²) in [4.78, 5) is 4.16. The molecule has 0 heterocycles. The number of nitrogens with two attached hydrogens (primary N) is 1. The van der Waals surface area contributed by atoms with Crippen molar-refractivity contribution in [2.24, 2.45) is 10.7 Å². The topological polar surface area (TPSA) is 96.6 Å². The lowest BCUT2D eigenvalue weighted by Gasteiger charge is -2.19. The van der Waals surface area contributed by atoms with Gasteiger partial charge in [0.25, 0.3) is 0 Å². The second-order valence-electron chi connectivity index (χ2n) is 5.34. The minimum Gasteiger partial charge on any atom is -0.370 e. The smallest absolute Gasteiger partial charge is 0.211 e. The second kappa shape index (κ2) is 7.60. The number of hydrogen-bond donors (Lipinski definition) is 3. The fourth-order valence-electron chi connectivity index (χ4n) is 2.56. The van der Waals surface area contributed by atoms with Crippen molar-refractivity contribution in [2.45, 2.75) is 32.6 Å². The first-order valence-electron chi connectivity index (χ1n) is 7.67. The highest BCUT2D eigenvalue weighted by Crippen LogP contribution is 2.27. The summed E-state index contributed by atoms with van der Waals surface area (Å²) in [5.74, 6) is 0.385. The third-order valence-corrected chi connectivity index (χ3v) is 5.16. The zero-order chi connectivity index (χ0) is 16.0. The summed E-state index contributed by atoms with van der Waals surface area (Å²) in [5.41, 5.74) is 9.58. The summed E-state index contributed by atoms with van der Waals surface area (Å²) in [6.45, 7) is 2.17. The number of sulfonamides is 1. The number of guanidine groups is 1.